The van der Waals surface area contributed by atoms with Crippen molar-refractivity contribution in [2.45, 2.75) is 0 Å². The number of carbonyl (C=O) groups is 1. The van der Waals surface area contributed by atoms with Crippen LogP contribution in [0.25, 0.3) is 10.9 Å². The fraction of sp³-hybridized carbons (Fsp3) is 0. The van der Waals surface area contributed by atoms with E-state index in [1.165, 1.54) is 6.33 Å². The molecule has 2 rings (SSSR count). The largest absolute Gasteiger partial charge is 0.477 e. The molecule has 0 amide bonds. The van der Waals surface area contributed by atoms with E-state index in [9.17, 15) is 4.79 Å². The number of aromatic carboxylic acids is 1. The Kier molecular flexibility index (Phi) is 1.30. The molecule has 0 aliphatic carbocycles. The molecule has 2 heterocycles. The third kappa shape index (κ3) is 0.833. The molecule has 60 valence electrons. The van der Waals surface area contributed by atoms with Crippen molar-refractivity contribution in [3.8, 4) is 0 Å². The van der Waals surface area contributed by atoms with E-state index in [4.69, 9.17) is 5.11 Å². The van der Waals surface area contributed by atoms with Gasteiger partial charge >= 0.3 is 5.97 Å². The molecule has 0 aliphatic heterocycles. The normalized spacial score (nSPS) is 10.3. The lowest BCUT2D eigenvalue weighted by Crippen LogP contribution is -1.97. The number of H-pyrrole nitrogens is 1. The smallest absolute Gasteiger partial charge is 0.354 e. The topological polar surface area (TPSA) is 78.9 Å². The fourth-order valence-corrected chi connectivity index (χ4v) is 1.04. The summed E-state index contributed by atoms with van der Waals surface area (Å²) in [5, 5.41) is 9.38. The standard InChI is InChI=1S/C7H5N3O2/c11-7(12)6-5-4(2-9-6)1-8-3-10-5/h1-3,9H,(H,11,12). The Bertz CT molecular complexity index is 435. The van der Waals surface area contributed by atoms with Crippen LogP contribution in [-0.4, -0.2) is 26.0 Å². The molecule has 0 bridgehead atoms. The molecule has 2 N–H and O–H groups in total. The number of hydrogen-bond acceptors (Lipinski definition) is 3. The summed E-state index contributed by atoms with van der Waals surface area (Å²) in [5.74, 6) is -1.01. The van der Waals surface area contributed by atoms with E-state index in [1.807, 2.05) is 0 Å². The monoisotopic (exact) mass is 163 g/mol. The van der Waals surface area contributed by atoms with Gasteiger partial charge in [0.05, 0.1) is 0 Å². The van der Waals surface area contributed by atoms with Gasteiger partial charge in [-0.15, -0.1) is 0 Å². The van der Waals surface area contributed by atoms with E-state index in [2.05, 4.69) is 15.0 Å². The van der Waals surface area contributed by atoms with Crippen molar-refractivity contribution >= 4 is 16.9 Å². The van der Waals surface area contributed by atoms with Crippen LogP contribution in [0.1, 0.15) is 10.5 Å². The van der Waals surface area contributed by atoms with Crippen molar-refractivity contribution in [2.24, 2.45) is 0 Å². The minimum atomic E-state index is -1.01. The Morgan fingerprint density at radius 2 is 2.42 bits per heavy atom. The van der Waals surface area contributed by atoms with Gasteiger partial charge in [-0.25, -0.2) is 14.8 Å². The van der Waals surface area contributed by atoms with Crippen molar-refractivity contribution in [3.05, 3.63) is 24.4 Å². The highest BCUT2D eigenvalue weighted by atomic mass is 16.4. The van der Waals surface area contributed by atoms with E-state index in [0.29, 0.717) is 10.9 Å². The summed E-state index contributed by atoms with van der Waals surface area (Å²) in [6, 6.07) is 0. The average molecular weight is 163 g/mol. The summed E-state index contributed by atoms with van der Waals surface area (Å²) in [7, 11) is 0. The van der Waals surface area contributed by atoms with Crippen molar-refractivity contribution in [1.29, 1.82) is 0 Å². The quantitative estimate of drug-likeness (QED) is 0.647. The van der Waals surface area contributed by atoms with Crippen molar-refractivity contribution in [1.82, 2.24) is 15.0 Å². The van der Waals surface area contributed by atoms with Gasteiger partial charge in [-0.05, 0) is 0 Å². The van der Waals surface area contributed by atoms with Crippen LogP contribution in [0.2, 0.25) is 0 Å². The number of aromatic nitrogens is 3. The van der Waals surface area contributed by atoms with Crippen LogP contribution in [-0.2, 0) is 0 Å². The lowest BCUT2D eigenvalue weighted by Gasteiger charge is -1.88. The van der Waals surface area contributed by atoms with Crippen LogP contribution in [0.5, 0.6) is 0 Å². The lowest BCUT2D eigenvalue weighted by molar-refractivity contribution is 0.0693. The molecular formula is C7H5N3O2. The van der Waals surface area contributed by atoms with Crippen LogP contribution in [0.15, 0.2) is 18.7 Å². The van der Waals surface area contributed by atoms with E-state index in [-0.39, 0.29) is 5.69 Å². The Morgan fingerprint density at radius 3 is 3.17 bits per heavy atom. The van der Waals surface area contributed by atoms with Gasteiger partial charge in [0.2, 0.25) is 0 Å². The number of hydrogen-bond donors (Lipinski definition) is 2. The Balaban J connectivity index is 2.79. The summed E-state index contributed by atoms with van der Waals surface area (Å²) in [5.41, 5.74) is 0.546. The molecule has 0 saturated carbocycles. The number of carboxylic acid groups (broad SMARTS) is 1. The van der Waals surface area contributed by atoms with E-state index >= 15 is 0 Å². The molecule has 2 aromatic heterocycles. The number of fused-ring (bicyclic) bond motifs is 1. The molecule has 0 fully saturated rings. The maximum absolute atomic E-state index is 10.6. The maximum Gasteiger partial charge on any atom is 0.354 e. The van der Waals surface area contributed by atoms with Crippen LogP contribution in [0, 0.1) is 0 Å². The van der Waals surface area contributed by atoms with Crippen LogP contribution >= 0.6 is 0 Å². The predicted molar refractivity (Wildman–Crippen MR) is 40.8 cm³/mol. The average Bonchev–Trinajstić information content (AvgIpc) is 2.47. The first-order valence-electron chi connectivity index (χ1n) is 3.29. The molecule has 0 aliphatic rings. The molecule has 12 heavy (non-hydrogen) atoms. The fourth-order valence-electron chi connectivity index (χ4n) is 1.04. The SMILES string of the molecule is O=C(O)c1[nH]cc2cncnc12. The van der Waals surface area contributed by atoms with Gasteiger partial charge in [0.15, 0.2) is 5.69 Å². The van der Waals surface area contributed by atoms with Gasteiger partial charge in [0.1, 0.15) is 11.8 Å². The van der Waals surface area contributed by atoms with E-state index in [1.54, 1.807) is 12.4 Å². The highest BCUT2D eigenvalue weighted by Gasteiger charge is 2.10. The number of nitrogens with zero attached hydrogens (tertiary/aromatic N) is 2. The number of rotatable bonds is 1. The summed E-state index contributed by atoms with van der Waals surface area (Å²) < 4.78 is 0. The van der Waals surface area contributed by atoms with Gasteiger partial charge in [-0.1, -0.05) is 0 Å². The zero-order valence-electron chi connectivity index (χ0n) is 5.98. The number of nitrogens with one attached hydrogen (secondary N) is 1. The second-order valence-corrected chi connectivity index (χ2v) is 2.30. The Hall–Kier alpha value is -1.91. The van der Waals surface area contributed by atoms with Gasteiger partial charge < -0.3 is 10.1 Å². The zero-order chi connectivity index (χ0) is 8.55. The molecule has 0 aromatic carbocycles. The third-order valence-corrected chi connectivity index (χ3v) is 1.56. The van der Waals surface area contributed by atoms with Crippen molar-refractivity contribution < 1.29 is 9.90 Å². The molecule has 0 saturated heterocycles. The first-order valence-corrected chi connectivity index (χ1v) is 3.29. The van der Waals surface area contributed by atoms with Gasteiger partial charge in [-0.3, -0.25) is 0 Å². The van der Waals surface area contributed by atoms with Gasteiger partial charge in [0, 0.05) is 17.8 Å². The van der Waals surface area contributed by atoms with E-state index < -0.39 is 5.97 Å². The zero-order valence-corrected chi connectivity index (χ0v) is 5.98. The first-order chi connectivity index (χ1) is 5.79. The molecule has 0 atom stereocenters. The maximum atomic E-state index is 10.6. The molecule has 2 aromatic rings. The number of carboxylic acids is 1. The van der Waals surface area contributed by atoms with Crippen LogP contribution < -0.4 is 0 Å². The predicted octanol–water partition coefficient (Wildman–Crippen LogP) is 0.656. The highest BCUT2D eigenvalue weighted by Crippen LogP contribution is 2.12. The molecule has 5 heteroatoms. The third-order valence-electron chi connectivity index (χ3n) is 1.56. The summed E-state index contributed by atoms with van der Waals surface area (Å²) in [6.45, 7) is 0. The van der Waals surface area contributed by atoms with Crippen molar-refractivity contribution in [2.75, 3.05) is 0 Å². The highest BCUT2D eigenvalue weighted by molar-refractivity contribution is 6.00. The van der Waals surface area contributed by atoms with Crippen molar-refractivity contribution in [3.63, 3.8) is 0 Å². The minimum Gasteiger partial charge on any atom is -0.477 e. The van der Waals surface area contributed by atoms with Gasteiger partial charge in [0.25, 0.3) is 0 Å². The number of aromatic amines is 1. The Morgan fingerprint density at radius 1 is 1.58 bits per heavy atom. The second-order valence-electron chi connectivity index (χ2n) is 2.30. The summed E-state index contributed by atoms with van der Waals surface area (Å²) in [6.07, 6.45) is 4.45. The molecule has 5 nitrogen and oxygen atoms in total. The first kappa shape index (κ1) is 6.78. The molecule has 0 radical (unpaired) electrons. The van der Waals surface area contributed by atoms with E-state index in [0.717, 1.165) is 0 Å². The van der Waals surface area contributed by atoms with Crippen LogP contribution in [0.4, 0.5) is 0 Å². The summed E-state index contributed by atoms with van der Waals surface area (Å²) in [4.78, 5) is 20.8. The molecule has 0 spiro atoms. The summed E-state index contributed by atoms with van der Waals surface area (Å²) >= 11 is 0. The minimum absolute atomic E-state index is 0.104. The Labute approximate surface area is 67.1 Å². The molecular weight excluding hydrogens is 158 g/mol. The molecule has 0 unspecified atom stereocenters. The van der Waals surface area contributed by atoms with Crippen LogP contribution in [0.3, 0.4) is 0 Å². The second kappa shape index (κ2) is 2.30. The lowest BCUT2D eigenvalue weighted by atomic mass is 10.3. The van der Waals surface area contributed by atoms with Gasteiger partial charge in [-0.2, -0.15) is 0 Å².